The lowest BCUT2D eigenvalue weighted by Gasteiger charge is -1.96. The summed E-state index contributed by atoms with van der Waals surface area (Å²) in [5.41, 5.74) is 7.59. The van der Waals surface area contributed by atoms with Crippen LogP contribution in [0.5, 0.6) is 0 Å². The van der Waals surface area contributed by atoms with Crippen LogP contribution in [-0.2, 0) is 10.0 Å². The zero-order chi connectivity index (χ0) is 18.1. The van der Waals surface area contributed by atoms with Crippen LogP contribution in [0.25, 0.3) is 0 Å². The third-order valence-electron chi connectivity index (χ3n) is 3.00. The summed E-state index contributed by atoms with van der Waals surface area (Å²) in [4.78, 5) is 0.0756. The van der Waals surface area contributed by atoms with E-state index in [0.717, 1.165) is 11.4 Å². The van der Waals surface area contributed by atoms with Crippen molar-refractivity contribution in [2.24, 2.45) is 15.4 Å². The molecule has 6 nitrogen and oxygen atoms in total. The minimum absolute atomic E-state index is 0.0756. The fraction of sp³-hybridized carbons (Fsp3) is 0. The van der Waals surface area contributed by atoms with Crippen molar-refractivity contribution in [1.82, 2.24) is 0 Å². The molecule has 0 saturated heterocycles. The minimum atomic E-state index is -3.58. The van der Waals surface area contributed by atoms with Gasteiger partial charge in [-0.3, -0.25) is 0 Å². The van der Waals surface area contributed by atoms with Crippen LogP contribution in [0.2, 0.25) is 0 Å². The Morgan fingerprint density at radius 1 is 0.640 bits per heavy atom. The Labute approximate surface area is 146 Å². The molecule has 0 atom stereocenters. The Kier molecular flexibility index (Phi) is 6.39. The predicted molar refractivity (Wildman–Crippen MR) is 99.3 cm³/mol. The minimum Gasteiger partial charge on any atom is -0.399 e. The molecule has 0 aliphatic rings. The molecule has 0 fully saturated rings. The molecule has 0 aliphatic carbocycles. The van der Waals surface area contributed by atoms with Crippen LogP contribution in [0, 0.1) is 0 Å². The van der Waals surface area contributed by atoms with Crippen LogP contribution in [0.1, 0.15) is 0 Å². The highest BCUT2D eigenvalue weighted by Crippen LogP contribution is 2.16. The number of anilines is 1. The first-order valence-corrected chi connectivity index (χ1v) is 8.90. The number of primary sulfonamides is 1. The van der Waals surface area contributed by atoms with E-state index in [-0.39, 0.29) is 4.90 Å². The summed E-state index contributed by atoms with van der Waals surface area (Å²) in [5, 5.41) is 13.0. The highest BCUT2D eigenvalue weighted by molar-refractivity contribution is 7.89. The molecule has 0 radical (unpaired) electrons. The number of hydrogen-bond donors (Lipinski definition) is 2. The third kappa shape index (κ3) is 6.54. The maximum atomic E-state index is 10.7. The summed E-state index contributed by atoms with van der Waals surface area (Å²) < 4.78 is 21.4. The number of nitrogen functional groups attached to an aromatic ring is 1. The van der Waals surface area contributed by atoms with E-state index in [1.807, 2.05) is 60.7 Å². The van der Waals surface area contributed by atoms with Gasteiger partial charge in [0.05, 0.1) is 16.3 Å². The van der Waals surface area contributed by atoms with Gasteiger partial charge in [-0.1, -0.05) is 36.4 Å². The monoisotopic (exact) mass is 354 g/mol. The number of benzene rings is 3. The summed E-state index contributed by atoms with van der Waals surface area (Å²) in [6.07, 6.45) is 0. The quantitative estimate of drug-likeness (QED) is 0.547. The second-order valence-corrected chi connectivity index (χ2v) is 6.55. The van der Waals surface area contributed by atoms with Crippen molar-refractivity contribution in [2.45, 2.75) is 4.90 Å². The van der Waals surface area contributed by atoms with Gasteiger partial charge < -0.3 is 5.73 Å². The summed E-state index contributed by atoms with van der Waals surface area (Å²) in [6.45, 7) is 0. The second kappa shape index (κ2) is 8.72. The average Bonchev–Trinajstić information content (AvgIpc) is 2.62. The first-order chi connectivity index (χ1) is 11.9. The van der Waals surface area contributed by atoms with E-state index >= 15 is 0 Å². The normalized spacial score (nSPS) is 10.9. The van der Waals surface area contributed by atoms with Crippen LogP contribution in [0.15, 0.2) is 100 Å². The van der Waals surface area contributed by atoms with Crippen LogP contribution < -0.4 is 10.9 Å². The summed E-state index contributed by atoms with van der Waals surface area (Å²) in [5.74, 6) is 0. The first-order valence-electron chi connectivity index (χ1n) is 7.35. The fourth-order valence-corrected chi connectivity index (χ4v) is 2.28. The molecular formula is C18H18N4O2S. The Hall–Kier alpha value is -3.03. The molecule has 7 heteroatoms. The second-order valence-electron chi connectivity index (χ2n) is 4.99. The zero-order valence-electron chi connectivity index (χ0n) is 13.4. The van der Waals surface area contributed by atoms with E-state index in [1.54, 1.807) is 0 Å². The van der Waals surface area contributed by atoms with Crippen molar-refractivity contribution in [3.8, 4) is 0 Å². The molecule has 3 rings (SSSR count). The summed E-state index contributed by atoms with van der Waals surface area (Å²) in [7, 11) is -3.58. The molecule has 0 heterocycles. The van der Waals surface area contributed by atoms with Crippen molar-refractivity contribution >= 4 is 27.1 Å². The van der Waals surface area contributed by atoms with Crippen LogP contribution >= 0.6 is 0 Å². The first kappa shape index (κ1) is 18.3. The lowest BCUT2D eigenvalue weighted by atomic mass is 10.3. The molecule has 0 aromatic heterocycles. The summed E-state index contributed by atoms with van der Waals surface area (Å²) in [6, 6.07) is 25.1. The topological polar surface area (TPSA) is 111 Å². The molecule has 4 N–H and O–H groups in total. The van der Waals surface area contributed by atoms with Gasteiger partial charge in [0, 0.05) is 5.69 Å². The summed E-state index contributed by atoms with van der Waals surface area (Å²) >= 11 is 0. The molecule has 0 spiro atoms. The zero-order valence-corrected chi connectivity index (χ0v) is 14.2. The van der Waals surface area contributed by atoms with E-state index in [4.69, 9.17) is 10.9 Å². The third-order valence-corrected chi connectivity index (χ3v) is 3.93. The number of sulfonamides is 1. The molecule has 3 aromatic rings. The molecule has 0 amide bonds. The lowest BCUT2D eigenvalue weighted by Crippen LogP contribution is -2.11. The van der Waals surface area contributed by atoms with Gasteiger partial charge in [0.15, 0.2) is 0 Å². The maximum Gasteiger partial charge on any atom is 0.238 e. The molecule has 25 heavy (non-hydrogen) atoms. The van der Waals surface area contributed by atoms with Crippen molar-refractivity contribution in [1.29, 1.82) is 0 Å². The van der Waals surface area contributed by atoms with Crippen molar-refractivity contribution in [2.75, 3.05) is 5.73 Å². The Morgan fingerprint density at radius 3 is 1.40 bits per heavy atom. The number of azo groups is 1. The Bertz CT molecular complexity index is 869. The largest absolute Gasteiger partial charge is 0.399 e. The average molecular weight is 354 g/mol. The molecule has 0 aliphatic heterocycles. The highest BCUT2D eigenvalue weighted by Gasteiger charge is 2.05. The number of nitrogens with two attached hydrogens (primary N) is 2. The van der Waals surface area contributed by atoms with Gasteiger partial charge in [-0.05, 0) is 48.5 Å². The van der Waals surface area contributed by atoms with Gasteiger partial charge in [-0.25, -0.2) is 13.6 Å². The van der Waals surface area contributed by atoms with Gasteiger partial charge >= 0.3 is 0 Å². The van der Waals surface area contributed by atoms with Crippen LogP contribution in [0.3, 0.4) is 0 Å². The van der Waals surface area contributed by atoms with E-state index in [2.05, 4.69) is 10.2 Å². The molecule has 0 bridgehead atoms. The van der Waals surface area contributed by atoms with Gasteiger partial charge in [0.25, 0.3) is 0 Å². The van der Waals surface area contributed by atoms with Crippen LogP contribution in [-0.4, -0.2) is 8.42 Å². The van der Waals surface area contributed by atoms with Gasteiger partial charge in [-0.15, -0.1) is 0 Å². The number of hydrogen-bond acceptors (Lipinski definition) is 5. The lowest BCUT2D eigenvalue weighted by molar-refractivity contribution is 0.598. The molecule has 0 unspecified atom stereocenters. The van der Waals surface area contributed by atoms with Crippen molar-refractivity contribution in [3.05, 3.63) is 84.9 Å². The SMILES string of the molecule is Nc1ccc(S(N)(=O)=O)cc1.c1ccc(N=Nc2ccccc2)cc1. The predicted octanol–water partition coefficient (Wildman–Crippen LogP) is 4.02. The number of rotatable bonds is 3. The van der Waals surface area contributed by atoms with Crippen molar-refractivity contribution in [3.63, 3.8) is 0 Å². The van der Waals surface area contributed by atoms with Gasteiger partial charge in [-0.2, -0.15) is 10.2 Å². The molecular weight excluding hydrogens is 336 g/mol. The number of nitrogens with zero attached hydrogens (tertiary/aromatic N) is 2. The molecule has 3 aromatic carbocycles. The standard InChI is InChI=1S/C12H10N2.C6H8N2O2S/c1-3-7-11(8-4-1)13-14-12-9-5-2-6-10-12;7-5-1-3-6(4-2-5)11(8,9)10/h1-10H;1-4H,7H2,(H2,8,9,10). The van der Waals surface area contributed by atoms with Gasteiger partial charge in [0.2, 0.25) is 10.0 Å². The Balaban J connectivity index is 0.000000186. The van der Waals surface area contributed by atoms with E-state index < -0.39 is 10.0 Å². The Morgan fingerprint density at radius 2 is 1.04 bits per heavy atom. The molecule has 0 saturated carbocycles. The highest BCUT2D eigenvalue weighted by atomic mass is 32.2. The molecule has 128 valence electrons. The van der Waals surface area contributed by atoms with E-state index in [9.17, 15) is 8.42 Å². The maximum absolute atomic E-state index is 10.7. The van der Waals surface area contributed by atoms with Crippen LogP contribution in [0.4, 0.5) is 17.1 Å². The van der Waals surface area contributed by atoms with E-state index in [1.165, 1.54) is 24.3 Å². The fourth-order valence-electron chi connectivity index (χ4n) is 1.76. The van der Waals surface area contributed by atoms with Crippen molar-refractivity contribution < 1.29 is 8.42 Å². The van der Waals surface area contributed by atoms with Gasteiger partial charge in [0.1, 0.15) is 0 Å². The van der Waals surface area contributed by atoms with E-state index in [0.29, 0.717) is 5.69 Å². The smallest absolute Gasteiger partial charge is 0.238 e.